The molecule has 2 rings (SSSR count). The first kappa shape index (κ1) is 9.72. The molecule has 0 radical (unpaired) electrons. The lowest BCUT2D eigenvalue weighted by atomic mass is 9.86. The van der Waals surface area contributed by atoms with Crippen LogP contribution < -0.4 is 0 Å². The molecule has 14 heavy (non-hydrogen) atoms. The minimum absolute atomic E-state index is 0.436. The molecule has 1 fully saturated rings. The second-order valence-corrected chi connectivity index (χ2v) is 3.98. The quantitative estimate of drug-likeness (QED) is 0.695. The fraction of sp³-hybridized carbons (Fsp3) is 0.538. The van der Waals surface area contributed by atoms with E-state index < -0.39 is 0 Å². The van der Waals surface area contributed by atoms with Crippen molar-refractivity contribution in [3.05, 3.63) is 35.9 Å². The molecule has 0 bridgehead atoms. The van der Waals surface area contributed by atoms with Gasteiger partial charge < -0.3 is 4.74 Å². The first-order valence-corrected chi connectivity index (χ1v) is 5.58. The zero-order valence-corrected chi connectivity index (χ0v) is 8.78. The van der Waals surface area contributed by atoms with Gasteiger partial charge in [0.2, 0.25) is 0 Å². The van der Waals surface area contributed by atoms with Crippen LogP contribution in [-0.2, 0) is 4.74 Å². The van der Waals surface area contributed by atoms with Crippen LogP contribution in [0.3, 0.4) is 0 Å². The highest BCUT2D eigenvalue weighted by Crippen LogP contribution is 2.32. The molecule has 0 aromatic heterocycles. The topological polar surface area (TPSA) is 9.23 Å². The first-order valence-electron chi connectivity index (χ1n) is 5.58. The van der Waals surface area contributed by atoms with Gasteiger partial charge in [-0.2, -0.15) is 0 Å². The molecule has 1 aromatic rings. The number of hydrogen-bond donors (Lipinski definition) is 0. The predicted molar refractivity (Wildman–Crippen MR) is 58.4 cm³/mol. The van der Waals surface area contributed by atoms with E-state index in [-0.39, 0.29) is 0 Å². The molecule has 1 heterocycles. The Labute approximate surface area is 86.1 Å². The number of ether oxygens (including phenoxy) is 1. The number of rotatable bonds is 2. The maximum atomic E-state index is 5.79. The fourth-order valence-electron chi connectivity index (χ4n) is 2.32. The highest BCUT2D eigenvalue weighted by atomic mass is 16.5. The van der Waals surface area contributed by atoms with E-state index in [0.29, 0.717) is 12.0 Å². The summed E-state index contributed by atoms with van der Waals surface area (Å²) >= 11 is 0. The van der Waals surface area contributed by atoms with Crippen LogP contribution >= 0.6 is 0 Å². The monoisotopic (exact) mass is 190 g/mol. The van der Waals surface area contributed by atoms with Crippen molar-refractivity contribution in [2.75, 3.05) is 6.61 Å². The van der Waals surface area contributed by atoms with E-state index in [4.69, 9.17) is 4.74 Å². The summed E-state index contributed by atoms with van der Waals surface area (Å²) in [4.78, 5) is 0. The third kappa shape index (κ3) is 1.98. The fourth-order valence-corrected chi connectivity index (χ4v) is 2.32. The maximum absolute atomic E-state index is 5.79. The van der Waals surface area contributed by atoms with Crippen molar-refractivity contribution < 1.29 is 4.74 Å². The molecule has 0 unspecified atom stereocenters. The van der Waals surface area contributed by atoms with Crippen molar-refractivity contribution in [1.29, 1.82) is 0 Å². The molecular formula is C13H18O. The van der Waals surface area contributed by atoms with Crippen LogP contribution in [0.2, 0.25) is 0 Å². The minimum Gasteiger partial charge on any atom is -0.378 e. The van der Waals surface area contributed by atoms with Crippen molar-refractivity contribution in [2.45, 2.75) is 38.2 Å². The SMILES string of the molecule is CC[C@@H]1OCCC[C@H]1c1ccccc1. The van der Waals surface area contributed by atoms with Crippen LogP contribution in [0.25, 0.3) is 0 Å². The van der Waals surface area contributed by atoms with Crippen LogP contribution in [0, 0.1) is 0 Å². The molecule has 1 nitrogen and oxygen atoms in total. The average Bonchev–Trinajstić information content (AvgIpc) is 2.30. The second-order valence-electron chi connectivity index (χ2n) is 3.98. The Morgan fingerprint density at radius 3 is 2.79 bits per heavy atom. The Bertz CT molecular complexity index is 268. The Morgan fingerprint density at radius 2 is 2.07 bits per heavy atom. The van der Waals surface area contributed by atoms with Gasteiger partial charge in [0, 0.05) is 12.5 Å². The Morgan fingerprint density at radius 1 is 1.29 bits per heavy atom. The van der Waals surface area contributed by atoms with Crippen LogP contribution in [0.15, 0.2) is 30.3 Å². The van der Waals surface area contributed by atoms with Crippen molar-refractivity contribution in [1.82, 2.24) is 0 Å². The lowest BCUT2D eigenvalue weighted by Crippen LogP contribution is -2.27. The van der Waals surface area contributed by atoms with Gasteiger partial charge in [-0.25, -0.2) is 0 Å². The smallest absolute Gasteiger partial charge is 0.0640 e. The van der Waals surface area contributed by atoms with Gasteiger partial charge in [0.25, 0.3) is 0 Å². The van der Waals surface area contributed by atoms with Gasteiger partial charge >= 0.3 is 0 Å². The molecule has 2 atom stereocenters. The third-order valence-corrected chi connectivity index (χ3v) is 3.07. The summed E-state index contributed by atoms with van der Waals surface area (Å²) in [5, 5.41) is 0. The van der Waals surface area contributed by atoms with Gasteiger partial charge in [0.05, 0.1) is 6.10 Å². The summed E-state index contributed by atoms with van der Waals surface area (Å²) in [5.74, 6) is 0.620. The van der Waals surface area contributed by atoms with Crippen molar-refractivity contribution >= 4 is 0 Å². The summed E-state index contributed by atoms with van der Waals surface area (Å²) in [7, 11) is 0. The van der Waals surface area contributed by atoms with Crippen LogP contribution in [-0.4, -0.2) is 12.7 Å². The summed E-state index contributed by atoms with van der Waals surface area (Å²) in [6.07, 6.45) is 4.05. The van der Waals surface area contributed by atoms with E-state index in [0.717, 1.165) is 13.0 Å². The van der Waals surface area contributed by atoms with Gasteiger partial charge in [-0.1, -0.05) is 37.3 Å². The van der Waals surface area contributed by atoms with Gasteiger partial charge in [-0.05, 0) is 24.8 Å². The summed E-state index contributed by atoms with van der Waals surface area (Å²) in [5.41, 5.74) is 1.44. The molecule has 0 saturated carbocycles. The molecule has 0 N–H and O–H groups in total. The van der Waals surface area contributed by atoms with E-state index in [1.165, 1.54) is 18.4 Å². The van der Waals surface area contributed by atoms with Crippen molar-refractivity contribution in [2.24, 2.45) is 0 Å². The molecule has 1 aromatic carbocycles. The molecule has 1 aliphatic rings. The molecule has 76 valence electrons. The second kappa shape index (κ2) is 4.61. The standard InChI is InChI=1S/C13H18O/c1-2-13-12(9-6-10-14-13)11-7-4-3-5-8-11/h3-5,7-8,12-13H,2,6,9-10H2,1H3/t12-,13-/m0/s1. The summed E-state index contributed by atoms with van der Waals surface area (Å²) < 4.78 is 5.79. The molecule has 0 spiro atoms. The first-order chi connectivity index (χ1) is 6.92. The van der Waals surface area contributed by atoms with Crippen LogP contribution in [0.4, 0.5) is 0 Å². The normalized spacial score (nSPS) is 27.5. The molecule has 0 aliphatic carbocycles. The number of hydrogen-bond acceptors (Lipinski definition) is 1. The van der Waals surface area contributed by atoms with Crippen LogP contribution in [0.1, 0.15) is 37.7 Å². The zero-order valence-electron chi connectivity index (χ0n) is 8.78. The number of benzene rings is 1. The van der Waals surface area contributed by atoms with E-state index in [2.05, 4.69) is 37.3 Å². The minimum atomic E-state index is 0.436. The highest BCUT2D eigenvalue weighted by Gasteiger charge is 2.25. The lowest BCUT2D eigenvalue weighted by molar-refractivity contribution is -0.00249. The summed E-state index contributed by atoms with van der Waals surface area (Å²) in [6, 6.07) is 10.8. The molecule has 1 aliphatic heterocycles. The van der Waals surface area contributed by atoms with Crippen molar-refractivity contribution in [3.63, 3.8) is 0 Å². The molecule has 1 heteroatoms. The largest absolute Gasteiger partial charge is 0.378 e. The van der Waals surface area contributed by atoms with E-state index in [1.54, 1.807) is 0 Å². The zero-order chi connectivity index (χ0) is 9.80. The van der Waals surface area contributed by atoms with E-state index in [9.17, 15) is 0 Å². The van der Waals surface area contributed by atoms with Gasteiger partial charge in [-0.3, -0.25) is 0 Å². The maximum Gasteiger partial charge on any atom is 0.0640 e. The average molecular weight is 190 g/mol. The summed E-state index contributed by atoms with van der Waals surface area (Å²) in [6.45, 7) is 3.16. The van der Waals surface area contributed by atoms with E-state index >= 15 is 0 Å². The lowest BCUT2D eigenvalue weighted by Gasteiger charge is -2.31. The third-order valence-electron chi connectivity index (χ3n) is 3.07. The van der Waals surface area contributed by atoms with Crippen LogP contribution in [0.5, 0.6) is 0 Å². The molecule has 0 amide bonds. The Balaban J connectivity index is 2.15. The Kier molecular flexibility index (Phi) is 3.20. The highest BCUT2D eigenvalue weighted by molar-refractivity contribution is 5.21. The van der Waals surface area contributed by atoms with Crippen molar-refractivity contribution in [3.8, 4) is 0 Å². The molecule has 1 saturated heterocycles. The van der Waals surface area contributed by atoms with Gasteiger partial charge in [-0.15, -0.1) is 0 Å². The van der Waals surface area contributed by atoms with Gasteiger partial charge in [0.1, 0.15) is 0 Å². The van der Waals surface area contributed by atoms with E-state index in [1.807, 2.05) is 0 Å². The predicted octanol–water partition coefficient (Wildman–Crippen LogP) is 3.36. The van der Waals surface area contributed by atoms with Gasteiger partial charge in [0.15, 0.2) is 0 Å². The Hall–Kier alpha value is -0.820. The molecular weight excluding hydrogens is 172 g/mol.